The SMILES string of the molecule is O=C1CCC(C(=O)c2ccc(Br)cc2)C1. The van der Waals surface area contributed by atoms with Gasteiger partial charge in [-0.1, -0.05) is 28.1 Å². The molecule has 2 rings (SSSR count). The summed E-state index contributed by atoms with van der Waals surface area (Å²) in [6, 6.07) is 7.30. The fourth-order valence-electron chi connectivity index (χ4n) is 1.89. The Morgan fingerprint density at radius 3 is 2.47 bits per heavy atom. The molecular weight excluding hydrogens is 256 g/mol. The summed E-state index contributed by atoms with van der Waals surface area (Å²) in [7, 11) is 0. The van der Waals surface area contributed by atoms with Gasteiger partial charge >= 0.3 is 0 Å². The lowest BCUT2D eigenvalue weighted by Crippen LogP contribution is -2.11. The van der Waals surface area contributed by atoms with Crippen LogP contribution in [0.25, 0.3) is 0 Å². The smallest absolute Gasteiger partial charge is 0.166 e. The van der Waals surface area contributed by atoms with Gasteiger partial charge in [0, 0.05) is 28.8 Å². The minimum absolute atomic E-state index is 0.0846. The minimum atomic E-state index is -0.0846. The van der Waals surface area contributed by atoms with Crippen LogP contribution in [0.15, 0.2) is 28.7 Å². The molecule has 1 aromatic rings. The maximum absolute atomic E-state index is 11.9. The molecule has 0 heterocycles. The molecule has 1 fully saturated rings. The molecule has 78 valence electrons. The largest absolute Gasteiger partial charge is 0.300 e. The van der Waals surface area contributed by atoms with Crippen molar-refractivity contribution >= 4 is 27.5 Å². The van der Waals surface area contributed by atoms with Gasteiger partial charge in [0.05, 0.1) is 0 Å². The Morgan fingerprint density at radius 2 is 1.93 bits per heavy atom. The average molecular weight is 267 g/mol. The van der Waals surface area contributed by atoms with E-state index in [1.807, 2.05) is 12.1 Å². The molecule has 0 bridgehead atoms. The van der Waals surface area contributed by atoms with Gasteiger partial charge in [0.1, 0.15) is 5.78 Å². The summed E-state index contributed by atoms with van der Waals surface area (Å²) >= 11 is 3.32. The zero-order chi connectivity index (χ0) is 10.8. The number of Topliss-reactive ketones (excluding diaryl/α,β-unsaturated/α-hetero) is 2. The van der Waals surface area contributed by atoms with E-state index in [-0.39, 0.29) is 17.5 Å². The molecule has 0 aromatic heterocycles. The van der Waals surface area contributed by atoms with Crippen LogP contribution in [0, 0.1) is 5.92 Å². The zero-order valence-electron chi connectivity index (χ0n) is 8.20. The number of benzene rings is 1. The summed E-state index contributed by atoms with van der Waals surface area (Å²) in [5.74, 6) is 0.234. The van der Waals surface area contributed by atoms with E-state index in [1.54, 1.807) is 12.1 Å². The summed E-state index contributed by atoms with van der Waals surface area (Å²) in [5, 5.41) is 0. The van der Waals surface area contributed by atoms with Crippen LogP contribution >= 0.6 is 15.9 Å². The molecule has 0 spiro atoms. The van der Waals surface area contributed by atoms with Gasteiger partial charge in [0.15, 0.2) is 5.78 Å². The number of carbonyl (C=O) groups excluding carboxylic acids is 2. The van der Waals surface area contributed by atoms with E-state index in [9.17, 15) is 9.59 Å². The first-order valence-corrected chi connectivity index (χ1v) is 5.77. The predicted octanol–water partition coefficient (Wildman–Crippen LogP) is 3.00. The molecule has 1 aromatic carbocycles. The van der Waals surface area contributed by atoms with Crippen LogP contribution in [0.3, 0.4) is 0 Å². The first-order chi connectivity index (χ1) is 7.16. The van der Waals surface area contributed by atoms with Crippen molar-refractivity contribution in [2.24, 2.45) is 5.92 Å². The fraction of sp³-hybridized carbons (Fsp3) is 0.333. The van der Waals surface area contributed by atoms with Crippen LogP contribution in [0.2, 0.25) is 0 Å². The van der Waals surface area contributed by atoms with E-state index in [2.05, 4.69) is 15.9 Å². The Kier molecular flexibility index (Phi) is 3.00. The van der Waals surface area contributed by atoms with Crippen LogP contribution in [-0.4, -0.2) is 11.6 Å². The number of hydrogen-bond donors (Lipinski definition) is 0. The zero-order valence-corrected chi connectivity index (χ0v) is 9.79. The molecule has 15 heavy (non-hydrogen) atoms. The molecule has 1 atom stereocenters. The van der Waals surface area contributed by atoms with Crippen molar-refractivity contribution in [3.63, 3.8) is 0 Å². The first kappa shape index (κ1) is 10.6. The number of carbonyl (C=O) groups is 2. The molecule has 0 saturated heterocycles. The van der Waals surface area contributed by atoms with E-state index < -0.39 is 0 Å². The van der Waals surface area contributed by atoms with Crippen molar-refractivity contribution in [2.45, 2.75) is 19.3 Å². The molecular formula is C12H11BrO2. The van der Waals surface area contributed by atoms with Gasteiger partial charge in [-0.05, 0) is 18.6 Å². The van der Waals surface area contributed by atoms with Crippen LogP contribution in [-0.2, 0) is 4.79 Å². The van der Waals surface area contributed by atoms with Crippen molar-refractivity contribution in [3.8, 4) is 0 Å². The monoisotopic (exact) mass is 266 g/mol. The second kappa shape index (κ2) is 4.27. The van der Waals surface area contributed by atoms with Crippen LogP contribution in [0.5, 0.6) is 0 Å². The number of ketones is 2. The van der Waals surface area contributed by atoms with Gasteiger partial charge in [-0.25, -0.2) is 0 Å². The van der Waals surface area contributed by atoms with Crippen molar-refractivity contribution in [1.29, 1.82) is 0 Å². The standard InChI is InChI=1S/C12H11BrO2/c13-10-4-1-8(2-5-10)12(15)9-3-6-11(14)7-9/h1-2,4-5,9H,3,6-7H2. The fourth-order valence-corrected chi connectivity index (χ4v) is 2.15. The van der Waals surface area contributed by atoms with E-state index in [0.29, 0.717) is 24.8 Å². The number of hydrogen-bond acceptors (Lipinski definition) is 2. The molecule has 0 amide bonds. The quantitative estimate of drug-likeness (QED) is 0.772. The van der Waals surface area contributed by atoms with E-state index in [4.69, 9.17) is 0 Å². The first-order valence-electron chi connectivity index (χ1n) is 4.98. The van der Waals surface area contributed by atoms with Crippen LogP contribution in [0.1, 0.15) is 29.6 Å². The Bertz CT molecular complexity index is 395. The van der Waals surface area contributed by atoms with Crippen LogP contribution < -0.4 is 0 Å². The molecule has 0 radical (unpaired) electrons. The summed E-state index contributed by atoms with van der Waals surface area (Å²) in [5.41, 5.74) is 0.706. The highest BCUT2D eigenvalue weighted by Crippen LogP contribution is 2.26. The lowest BCUT2D eigenvalue weighted by Gasteiger charge is -2.06. The van der Waals surface area contributed by atoms with E-state index in [0.717, 1.165) is 4.47 Å². The molecule has 1 unspecified atom stereocenters. The van der Waals surface area contributed by atoms with Crippen molar-refractivity contribution in [2.75, 3.05) is 0 Å². The molecule has 0 N–H and O–H groups in total. The van der Waals surface area contributed by atoms with Gasteiger partial charge in [-0.2, -0.15) is 0 Å². The maximum Gasteiger partial charge on any atom is 0.166 e. The van der Waals surface area contributed by atoms with E-state index in [1.165, 1.54) is 0 Å². The highest BCUT2D eigenvalue weighted by atomic mass is 79.9. The van der Waals surface area contributed by atoms with Gasteiger partial charge in [0.2, 0.25) is 0 Å². The summed E-state index contributed by atoms with van der Waals surface area (Å²) in [6.07, 6.45) is 1.70. The topological polar surface area (TPSA) is 34.1 Å². The highest BCUT2D eigenvalue weighted by Gasteiger charge is 2.28. The Labute approximate surface area is 96.8 Å². The summed E-state index contributed by atoms with van der Waals surface area (Å²) < 4.78 is 0.960. The molecule has 0 aliphatic heterocycles. The van der Waals surface area contributed by atoms with E-state index >= 15 is 0 Å². The normalized spacial score (nSPS) is 20.6. The Morgan fingerprint density at radius 1 is 1.27 bits per heavy atom. The van der Waals surface area contributed by atoms with Crippen molar-refractivity contribution in [3.05, 3.63) is 34.3 Å². The molecule has 1 aliphatic carbocycles. The molecule has 1 saturated carbocycles. The number of halogens is 1. The third-order valence-corrected chi connectivity index (χ3v) is 3.27. The Balaban J connectivity index is 2.14. The van der Waals surface area contributed by atoms with Crippen molar-refractivity contribution < 1.29 is 9.59 Å². The lowest BCUT2D eigenvalue weighted by atomic mass is 9.96. The van der Waals surface area contributed by atoms with Crippen molar-refractivity contribution in [1.82, 2.24) is 0 Å². The third-order valence-electron chi connectivity index (χ3n) is 2.75. The Hall–Kier alpha value is -0.960. The second-order valence-electron chi connectivity index (χ2n) is 3.85. The third kappa shape index (κ3) is 2.34. The van der Waals surface area contributed by atoms with Gasteiger partial charge in [0.25, 0.3) is 0 Å². The molecule has 2 nitrogen and oxygen atoms in total. The molecule has 1 aliphatic rings. The average Bonchev–Trinajstić information content (AvgIpc) is 2.65. The number of rotatable bonds is 2. The predicted molar refractivity (Wildman–Crippen MR) is 60.8 cm³/mol. The van der Waals surface area contributed by atoms with Gasteiger partial charge in [-0.15, -0.1) is 0 Å². The highest BCUT2D eigenvalue weighted by molar-refractivity contribution is 9.10. The second-order valence-corrected chi connectivity index (χ2v) is 4.77. The maximum atomic E-state index is 11.9. The summed E-state index contributed by atoms with van der Waals surface area (Å²) in [4.78, 5) is 23.0. The van der Waals surface area contributed by atoms with Crippen LogP contribution in [0.4, 0.5) is 0 Å². The van der Waals surface area contributed by atoms with Gasteiger partial charge < -0.3 is 0 Å². The van der Waals surface area contributed by atoms with Gasteiger partial charge in [-0.3, -0.25) is 9.59 Å². The summed E-state index contributed by atoms with van der Waals surface area (Å²) in [6.45, 7) is 0. The lowest BCUT2D eigenvalue weighted by molar-refractivity contribution is -0.117. The minimum Gasteiger partial charge on any atom is -0.300 e. The molecule has 3 heteroatoms.